The van der Waals surface area contributed by atoms with Crippen molar-refractivity contribution in [2.75, 3.05) is 19.5 Å². The zero-order valence-electron chi connectivity index (χ0n) is 5.80. The molecule has 0 fully saturated rings. The highest BCUT2D eigenvalue weighted by Crippen LogP contribution is 2.15. The highest BCUT2D eigenvalue weighted by molar-refractivity contribution is 9.09. The zero-order valence-corrected chi connectivity index (χ0v) is 8.14. The molecular weight excluding hydrogens is 215 g/mol. The highest BCUT2D eigenvalue weighted by Gasteiger charge is 2.17. The van der Waals surface area contributed by atoms with Gasteiger partial charge in [-0.2, -0.15) is 0 Å². The lowest BCUT2D eigenvalue weighted by molar-refractivity contribution is 0.0814. The van der Waals surface area contributed by atoms with Crippen molar-refractivity contribution in [3.05, 3.63) is 12.3 Å². The fraction of sp³-hybridized carbons (Fsp3) is 0.667. The molecule has 1 rings (SSSR count). The first-order valence-corrected chi connectivity index (χ1v) is 4.57. The summed E-state index contributed by atoms with van der Waals surface area (Å²) in [6.07, 6.45) is 4.13. The lowest BCUT2D eigenvalue weighted by Crippen LogP contribution is -2.37. The van der Waals surface area contributed by atoms with Crippen LogP contribution >= 0.6 is 27.5 Å². The Morgan fingerprint density at radius 2 is 2.50 bits per heavy atom. The largest absolute Gasteiger partial charge is 0.298 e. The summed E-state index contributed by atoms with van der Waals surface area (Å²) < 4.78 is 0. The van der Waals surface area contributed by atoms with E-state index in [-0.39, 0.29) is 4.95 Å². The van der Waals surface area contributed by atoms with Crippen LogP contribution in [-0.2, 0) is 0 Å². The molecule has 10 heavy (non-hydrogen) atoms. The summed E-state index contributed by atoms with van der Waals surface area (Å²) in [7, 11) is 2.03. The summed E-state index contributed by atoms with van der Waals surface area (Å²) >= 11 is 9.09. The summed E-state index contributed by atoms with van der Waals surface area (Å²) in [5.74, 6) is 0.592. The first-order chi connectivity index (χ1) is 4.75. The SMILES string of the molecule is CN1CC=CN1C(Br)CCl. The van der Waals surface area contributed by atoms with Gasteiger partial charge in [0.15, 0.2) is 0 Å². The predicted molar refractivity (Wildman–Crippen MR) is 47.0 cm³/mol. The van der Waals surface area contributed by atoms with Gasteiger partial charge in [0.05, 0.1) is 5.88 Å². The van der Waals surface area contributed by atoms with E-state index >= 15 is 0 Å². The fourth-order valence-corrected chi connectivity index (χ4v) is 1.48. The van der Waals surface area contributed by atoms with Gasteiger partial charge in [0.1, 0.15) is 4.95 Å². The Balaban J connectivity index is 2.46. The van der Waals surface area contributed by atoms with Gasteiger partial charge in [-0.15, -0.1) is 11.6 Å². The van der Waals surface area contributed by atoms with E-state index in [0.29, 0.717) is 5.88 Å². The molecule has 1 heterocycles. The molecular formula is C6H10BrClN2. The Labute approximate surface area is 74.5 Å². The van der Waals surface area contributed by atoms with E-state index in [1.54, 1.807) is 0 Å². The monoisotopic (exact) mass is 224 g/mol. The number of hydrogen-bond donors (Lipinski definition) is 0. The lowest BCUT2D eigenvalue weighted by Gasteiger charge is -2.28. The third-order valence-corrected chi connectivity index (χ3v) is 2.84. The third-order valence-electron chi connectivity index (χ3n) is 1.44. The van der Waals surface area contributed by atoms with Crippen LogP contribution in [0.2, 0.25) is 0 Å². The van der Waals surface area contributed by atoms with E-state index in [1.165, 1.54) is 0 Å². The molecule has 0 N–H and O–H groups in total. The average molecular weight is 226 g/mol. The molecule has 0 aromatic rings. The summed E-state index contributed by atoms with van der Waals surface area (Å²) in [6, 6.07) is 0. The number of alkyl halides is 2. The summed E-state index contributed by atoms with van der Waals surface area (Å²) in [5, 5.41) is 4.16. The van der Waals surface area contributed by atoms with Gasteiger partial charge in [-0.05, 0) is 0 Å². The fourth-order valence-electron chi connectivity index (χ4n) is 0.894. The molecule has 0 bridgehead atoms. The summed E-state index contributed by atoms with van der Waals surface area (Å²) in [6.45, 7) is 0.971. The molecule has 0 aliphatic carbocycles. The van der Waals surface area contributed by atoms with Crippen molar-refractivity contribution in [2.45, 2.75) is 4.95 Å². The van der Waals surface area contributed by atoms with E-state index in [2.05, 4.69) is 32.0 Å². The maximum atomic E-state index is 5.65. The Morgan fingerprint density at radius 1 is 1.80 bits per heavy atom. The lowest BCUT2D eigenvalue weighted by atomic mass is 10.6. The second-order valence-electron chi connectivity index (χ2n) is 2.19. The van der Waals surface area contributed by atoms with Crippen molar-refractivity contribution < 1.29 is 0 Å². The van der Waals surface area contributed by atoms with Crippen LogP contribution in [0.5, 0.6) is 0 Å². The van der Waals surface area contributed by atoms with Crippen molar-refractivity contribution in [1.82, 2.24) is 10.0 Å². The van der Waals surface area contributed by atoms with E-state index < -0.39 is 0 Å². The molecule has 0 saturated heterocycles. The minimum atomic E-state index is 0.220. The molecule has 0 aromatic heterocycles. The summed E-state index contributed by atoms with van der Waals surface area (Å²) in [4.78, 5) is 0.220. The van der Waals surface area contributed by atoms with Crippen LogP contribution in [0, 0.1) is 0 Å². The van der Waals surface area contributed by atoms with Crippen LogP contribution in [0.3, 0.4) is 0 Å². The smallest absolute Gasteiger partial charge is 0.113 e. The highest BCUT2D eigenvalue weighted by atomic mass is 79.9. The normalized spacial score (nSPS) is 22.1. The number of rotatable bonds is 2. The Morgan fingerprint density at radius 3 is 2.90 bits per heavy atom. The Bertz CT molecular complexity index is 140. The molecule has 2 nitrogen and oxygen atoms in total. The molecule has 0 saturated carbocycles. The molecule has 0 spiro atoms. The molecule has 1 atom stereocenters. The van der Waals surface area contributed by atoms with Crippen molar-refractivity contribution in [3.8, 4) is 0 Å². The van der Waals surface area contributed by atoms with E-state index in [9.17, 15) is 0 Å². The molecule has 4 heteroatoms. The first-order valence-electron chi connectivity index (χ1n) is 3.12. The molecule has 58 valence electrons. The third kappa shape index (κ3) is 1.65. The Kier molecular flexibility index (Phi) is 3.01. The number of nitrogens with zero attached hydrogens (tertiary/aromatic N) is 2. The Hall–Kier alpha value is 0.270. The minimum absolute atomic E-state index is 0.220. The second kappa shape index (κ2) is 3.60. The van der Waals surface area contributed by atoms with Crippen molar-refractivity contribution in [2.24, 2.45) is 0 Å². The number of likely N-dealkylation sites (N-methyl/N-ethyl adjacent to an activating group) is 1. The van der Waals surface area contributed by atoms with Crippen molar-refractivity contribution >= 4 is 27.5 Å². The van der Waals surface area contributed by atoms with Crippen molar-refractivity contribution in [1.29, 1.82) is 0 Å². The number of hydrogen-bond acceptors (Lipinski definition) is 2. The average Bonchev–Trinajstić information content (AvgIpc) is 2.34. The van der Waals surface area contributed by atoms with Crippen LogP contribution in [0.25, 0.3) is 0 Å². The van der Waals surface area contributed by atoms with Gasteiger partial charge in [-0.25, -0.2) is 5.01 Å². The predicted octanol–water partition coefficient (Wildman–Crippen LogP) is 1.62. The van der Waals surface area contributed by atoms with Gasteiger partial charge in [0, 0.05) is 19.8 Å². The maximum Gasteiger partial charge on any atom is 0.113 e. The first kappa shape index (κ1) is 8.37. The van der Waals surface area contributed by atoms with Crippen LogP contribution < -0.4 is 0 Å². The topological polar surface area (TPSA) is 6.48 Å². The molecule has 0 radical (unpaired) electrons. The van der Waals surface area contributed by atoms with E-state index in [4.69, 9.17) is 11.6 Å². The molecule has 0 amide bonds. The molecule has 1 aliphatic rings. The van der Waals surface area contributed by atoms with Gasteiger partial charge < -0.3 is 0 Å². The minimum Gasteiger partial charge on any atom is -0.298 e. The maximum absolute atomic E-state index is 5.65. The zero-order chi connectivity index (χ0) is 7.56. The van der Waals surface area contributed by atoms with Crippen molar-refractivity contribution in [3.63, 3.8) is 0 Å². The van der Waals surface area contributed by atoms with Gasteiger partial charge in [-0.3, -0.25) is 5.01 Å². The molecule has 1 aliphatic heterocycles. The second-order valence-corrected chi connectivity index (χ2v) is 3.56. The van der Waals surface area contributed by atoms with Gasteiger partial charge >= 0.3 is 0 Å². The van der Waals surface area contributed by atoms with E-state index in [0.717, 1.165) is 6.54 Å². The van der Waals surface area contributed by atoms with Crippen LogP contribution in [-0.4, -0.2) is 34.4 Å². The summed E-state index contributed by atoms with van der Waals surface area (Å²) in [5.41, 5.74) is 0. The van der Waals surface area contributed by atoms with Gasteiger partial charge in [0.2, 0.25) is 0 Å². The molecule has 0 aromatic carbocycles. The van der Waals surface area contributed by atoms with Crippen LogP contribution in [0.1, 0.15) is 0 Å². The quantitative estimate of drug-likeness (QED) is 0.521. The van der Waals surface area contributed by atoms with E-state index in [1.807, 2.05) is 13.2 Å². The molecule has 1 unspecified atom stereocenters. The van der Waals surface area contributed by atoms with Crippen LogP contribution in [0.4, 0.5) is 0 Å². The van der Waals surface area contributed by atoms with Crippen LogP contribution in [0.15, 0.2) is 12.3 Å². The van der Waals surface area contributed by atoms with Gasteiger partial charge in [0.25, 0.3) is 0 Å². The van der Waals surface area contributed by atoms with Gasteiger partial charge in [-0.1, -0.05) is 22.0 Å². The standard InChI is InChI=1S/C6H10BrClN2/c1-9-3-2-4-10(9)6(7)5-8/h2,4,6H,3,5H2,1H3. The number of hydrazine groups is 1. The number of halogens is 2.